The Morgan fingerprint density at radius 2 is 2.15 bits per heavy atom. The monoisotopic (exact) mass is 296 g/mol. The van der Waals surface area contributed by atoms with Crippen LogP contribution < -0.4 is 4.72 Å². The van der Waals surface area contributed by atoms with Gasteiger partial charge in [0.2, 0.25) is 0 Å². The Kier molecular flexibility index (Phi) is 3.81. The number of carboxylic acids is 1. The van der Waals surface area contributed by atoms with Crippen LogP contribution in [0, 0.1) is 0 Å². The van der Waals surface area contributed by atoms with Crippen LogP contribution in [0.5, 0.6) is 0 Å². The Balaban J connectivity index is 2.20. The summed E-state index contributed by atoms with van der Waals surface area (Å²) in [5, 5.41) is 8.48. The maximum atomic E-state index is 12.1. The van der Waals surface area contributed by atoms with Crippen LogP contribution >= 0.6 is 0 Å². The molecule has 0 fully saturated rings. The van der Waals surface area contributed by atoms with Crippen molar-refractivity contribution in [2.75, 3.05) is 0 Å². The lowest BCUT2D eigenvalue weighted by molar-refractivity contribution is 0.0696. The van der Waals surface area contributed by atoms with Gasteiger partial charge in [-0.2, -0.15) is 4.72 Å². The molecule has 2 aromatic heterocycles. The molecule has 0 aliphatic carbocycles. The molecule has 0 saturated heterocycles. The Hall–Kier alpha value is -2.26. The van der Waals surface area contributed by atoms with Crippen LogP contribution in [0.2, 0.25) is 0 Å². The van der Waals surface area contributed by atoms with Gasteiger partial charge in [0.1, 0.15) is 5.82 Å². The number of rotatable bonds is 5. The van der Waals surface area contributed by atoms with E-state index in [1.807, 2.05) is 0 Å². The first kappa shape index (κ1) is 14.2. The van der Waals surface area contributed by atoms with Crippen molar-refractivity contribution < 1.29 is 18.3 Å². The third kappa shape index (κ3) is 3.00. The predicted molar refractivity (Wildman–Crippen MR) is 68.5 cm³/mol. The molecule has 0 aliphatic heterocycles. The van der Waals surface area contributed by atoms with Crippen molar-refractivity contribution in [2.45, 2.75) is 18.0 Å². The van der Waals surface area contributed by atoms with Crippen molar-refractivity contribution in [1.29, 1.82) is 0 Å². The number of hydrogen-bond acceptors (Lipinski definition) is 5. The molecule has 20 heavy (non-hydrogen) atoms. The number of aromatic nitrogens is 3. The van der Waals surface area contributed by atoms with Crippen molar-refractivity contribution in [3.8, 4) is 0 Å². The zero-order valence-electron chi connectivity index (χ0n) is 10.4. The third-order valence-corrected chi connectivity index (χ3v) is 3.98. The summed E-state index contributed by atoms with van der Waals surface area (Å²) in [5.41, 5.74) is -0.0805. The number of H-pyrrole nitrogens is 1. The highest BCUT2D eigenvalue weighted by molar-refractivity contribution is 7.89. The minimum absolute atomic E-state index is 0.0805. The van der Waals surface area contributed by atoms with Gasteiger partial charge in [-0.15, -0.1) is 0 Å². The lowest BCUT2D eigenvalue weighted by atomic mass is 10.3. The molecular formula is C11H12N4O4S. The van der Waals surface area contributed by atoms with E-state index in [-0.39, 0.29) is 10.6 Å². The van der Waals surface area contributed by atoms with Crippen molar-refractivity contribution in [3.63, 3.8) is 0 Å². The molecule has 0 radical (unpaired) electrons. The second kappa shape index (κ2) is 5.39. The fourth-order valence-electron chi connectivity index (χ4n) is 1.53. The number of carbonyl (C=O) groups is 1. The number of pyridine rings is 1. The highest BCUT2D eigenvalue weighted by Gasteiger charge is 2.21. The molecule has 0 amide bonds. The van der Waals surface area contributed by atoms with Gasteiger partial charge in [-0.3, -0.25) is 0 Å². The number of nitrogens with zero attached hydrogens (tertiary/aromatic N) is 2. The van der Waals surface area contributed by atoms with E-state index in [1.165, 1.54) is 12.3 Å². The van der Waals surface area contributed by atoms with Gasteiger partial charge >= 0.3 is 5.97 Å². The van der Waals surface area contributed by atoms with Crippen molar-refractivity contribution in [3.05, 3.63) is 42.1 Å². The first-order valence-corrected chi connectivity index (χ1v) is 7.09. The molecule has 106 valence electrons. The number of carboxylic acid groups (broad SMARTS) is 1. The molecular weight excluding hydrogens is 284 g/mol. The average molecular weight is 296 g/mol. The maximum absolute atomic E-state index is 12.1. The summed E-state index contributed by atoms with van der Waals surface area (Å²) in [6.45, 7) is 1.63. The van der Waals surface area contributed by atoms with E-state index in [0.29, 0.717) is 5.82 Å². The Morgan fingerprint density at radius 1 is 1.40 bits per heavy atom. The SMILES string of the molecule is CC(NS(=O)(=O)c1ccc(C(=O)O)cn1)c1ncc[nH]1. The molecule has 2 heterocycles. The lowest BCUT2D eigenvalue weighted by Gasteiger charge is -2.11. The van der Waals surface area contributed by atoms with E-state index in [0.717, 1.165) is 12.3 Å². The van der Waals surface area contributed by atoms with Gasteiger partial charge in [-0.05, 0) is 19.1 Å². The smallest absolute Gasteiger partial charge is 0.337 e. The molecule has 0 saturated carbocycles. The summed E-state index contributed by atoms with van der Waals surface area (Å²) in [5.74, 6) is -0.700. The highest BCUT2D eigenvalue weighted by Crippen LogP contribution is 2.12. The number of nitrogens with one attached hydrogen (secondary N) is 2. The van der Waals surface area contributed by atoms with E-state index in [1.54, 1.807) is 13.1 Å². The van der Waals surface area contributed by atoms with Crippen LogP contribution in [-0.2, 0) is 10.0 Å². The second-order valence-electron chi connectivity index (χ2n) is 4.01. The summed E-state index contributed by atoms with van der Waals surface area (Å²) in [7, 11) is -3.84. The summed E-state index contributed by atoms with van der Waals surface area (Å²) in [6, 6.07) is 1.76. The average Bonchev–Trinajstić information content (AvgIpc) is 2.92. The highest BCUT2D eigenvalue weighted by atomic mass is 32.2. The molecule has 9 heteroatoms. The number of aromatic carboxylic acids is 1. The number of imidazole rings is 1. The quantitative estimate of drug-likeness (QED) is 0.739. The van der Waals surface area contributed by atoms with Crippen LogP contribution in [0.1, 0.15) is 29.1 Å². The molecule has 0 aromatic carbocycles. The van der Waals surface area contributed by atoms with Crippen molar-refractivity contribution in [1.82, 2.24) is 19.7 Å². The van der Waals surface area contributed by atoms with E-state index in [4.69, 9.17) is 5.11 Å². The minimum atomic E-state index is -3.84. The minimum Gasteiger partial charge on any atom is -0.478 e. The fourth-order valence-corrected chi connectivity index (χ4v) is 2.67. The number of hydrogen-bond donors (Lipinski definition) is 3. The van der Waals surface area contributed by atoms with Gasteiger partial charge in [0.15, 0.2) is 5.03 Å². The molecule has 0 aliphatic rings. The number of aromatic amines is 1. The maximum Gasteiger partial charge on any atom is 0.337 e. The van der Waals surface area contributed by atoms with Crippen LogP contribution in [0.15, 0.2) is 35.7 Å². The first-order chi connectivity index (χ1) is 9.40. The van der Waals surface area contributed by atoms with Gasteiger partial charge in [-0.1, -0.05) is 0 Å². The summed E-state index contributed by atoms with van der Waals surface area (Å²) in [4.78, 5) is 21.1. The van der Waals surface area contributed by atoms with Crippen LogP contribution in [0.3, 0.4) is 0 Å². The topological polar surface area (TPSA) is 125 Å². The van der Waals surface area contributed by atoms with Gasteiger partial charge in [0, 0.05) is 18.6 Å². The second-order valence-corrected chi connectivity index (χ2v) is 5.67. The zero-order chi connectivity index (χ0) is 14.8. The molecule has 0 bridgehead atoms. The van der Waals surface area contributed by atoms with Gasteiger partial charge in [-0.25, -0.2) is 23.2 Å². The van der Waals surface area contributed by atoms with Crippen LogP contribution in [-0.4, -0.2) is 34.4 Å². The lowest BCUT2D eigenvalue weighted by Crippen LogP contribution is -2.28. The molecule has 0 spiro atoms. The normalized spacial score (nSPS) is 13.1. The van der Waals surface area contributed by atoms with E-state index >= 15 is 0 Å². The Morgan fingerprint density at radius 3 is 2.65 bits per heavy atom. The third-order valence-electron chi connectivity index (χ3n) is 2.52. The number of sulfonamides is 1. The molecule has 2 aromatic rings. The molecule has 8 nitrogen and oxygen atoms in total. The standard InChI is InChI=1S/C11H12N4O4S/c1-7(10-12-4-5-13-10)15-20(18,19)9-3-2-8(6-14-9)11(16)17/h2-7,15H,1H3,(H,12,13)(H,16,17). The molecule has 3 N–H and O–H groups in total. The van der Waals surface area contributed by atoms with Crippen LogP contribution in [0.4, 0.5) is 0 Å². The fraction of sp³-hybridized carbons (Fsp3) is 0.182. The van der Waals surface area contributed by atoms with Crippen molar-refractivity contribution in [2.24, 2.45) is 0 Å². The Labute approximate surface area is 114 Å². The van der Waals surface area contributed by atoms with E-state index < -0.39 is 22.0 Å². The van der Waals surface area contributed by atoms with Gasteiger partial charge < -0.3 is 10.1 Å². The first-order valence-electron chi connectivity index (χ1n) is 5.61. The van der Waals surface area contributed by atoms with Gasteiger partial charge in [0.25, 0.3) is 10.0 Å². The zero-order valence-corrected chi connectivity index (χ0v) is 11.3. The molecule has 1 atom stereocenters. The predicted octanol–water partition coefficient (Wildman–Crippen LogP) is 0.542. The molecule has 2 rings (SSSR count). The summed E-state index contributed by atoms with van der Waals surface area (Å²) >= 11 is 0. The molecule has 1 unspecified atom stereocenters. The van der Waals surface area contributed by atoms with Crippen molar-refractivity contribution >= 4 is 16.0 Å². The summed E-state index contributed by atoms with van der Waals surface area (Å²) < 4.78 is 26.5. The van der Waals surface area contributed by atoms with E-state index in [9.17, 15) is 13.2 Å². The van der Waals surface area contributed by atoms with Gasteiger partial charge in [0.05, 0.1) is 11.6 Å². The largest absolute Gasteiger partial charge is 0.478 e. The Bertz CT molecular complexity index is 695. The van der Waals surface area contributed by atoms with E-state index in [2.05, 4.69) is 19.7 Å². The summed E-state index contributed by atoms with van der Waals surface area (Å²) in [6.07, 6.45) is 4.09. The van der Waals surface area contributed by atoms with Crippen LogP contribution in [0.25, 0.3) is 0 Å².